The van der Waals surface area contributed by atoms with Crippen LogP contribution in [0.25, 0.3) is 10.8 Å². The van der Waals surface area contributed by atoms with E-state index in [1.54, 1.807) is 25.3 Å². The molecule has 25 heavy (non-hydrogen) atoms. The number of hydrazone groups is 1. The Bertz CT molecular complexity index is 918. The fourth-order valence-electron chi connectivity index (χ4n) is 2.50. The van der Waals surface area contributed by atoms with E-state index < -0.39 is 6.04 Å². The first kappa shape index (κ1) is 17.0. The van der Waals surface area contributed by atoms with Gasteiger partial charge >= 0.3 is 0 Å². The second-order valence-corrected chi connectivity index (χ2v) is 6.12. The van der Waals surface area contributed by atoms with E-state index in [0.717, 1.165) is 22.0 Å². The number of carbonyl (C=O) groups is 1. The van der Waals surface area contributed by atoms with Gasteiger partial charge in [-0.05, 0) is 36.1 Å². The number of rotatable bonds is 5. The standard InChI is InChI=1S/C20H18ClN3O/c1-14(20(25)24-22-13-15-6-4-9-17(21)12-15)23-19-11-5-8-16-7-2-3-10-18(16)19/h2-14,23H,1H3,(H,24,25). The summed E-state index contributed by atoms with van der Waals surface area (Å²) in [4.78, 5) is 12.2. The highest BCUT2D eigenvalue weighted by atomic mass is 35.5. The summed E-state index contributed by atoms with van der Waals surface area (Å²) in [5, 5.41) is 10.0. The van der Waals surface area contributed by atoms with Gasteiger partial charge in [-0.15, -0.1) is 0 Å². The minimum Gasteiger partial charge on any atom is -0.373 e. The molecule has 4 nitrogen and oxygen atoms in total. The SMILES string of the molecule is CC(Nc1cccc2ccccc12)C(=O)NN=Cc1cccc(Cl)c1. The molecule has 5 heteroatoms. The fourth-order valence-corrected chi connectivity index (χ4v) is 2.70. The van der Waals surface area contributed by atoms with E-state index in [2.05, 4.69) is 15.8 Å². The van der Waals surface area contributed by atoms with Crippen LogP contribution in [0.2, 0.25) is 5.02 Å². The van der Waals surface area contributed by atoms with E-state index in [1.165, 1.54) is 0 Å². The predicted molar refractivity (Wildman–Crippen MR) is 104 cm³/mol. The van der Waals surface area contributed by atoms with Crippen LogP contribution in [0.15, 0.2) is 71.8 Å². The Morgan fingerprint density at radius 3 is 2.68 bits per heavy atom. The van der Waals surface area contributed by atoms with Gasteiger partial charge in [0.05, 0.1) is 6.21 Å². The van der Waals surface area contributed by atoms with Gasteiger partial charge in [-0.3, -0.25) is 4.79 Å². The Labute approximate surface area is 151 Å². The summed E-state index contributed by atoms with van der Waals surface area (Å²) >= 11 is 5.92. The molecule has 0 saturated heterocycles. The lowest BCUT2D eigenvalue weighted by Crippen LogP contribution is -2.34. The second kappa shape index (κ2) is 7.81. The van der Waals surface area contributed by atoms with Gasteiger partial charge in [0.25, 0.3) is 5.91 Å². The van der Waals surface area contributed by atoms with Crippen molar-refractivity contribution in [2.45, 2.75) is 13.0 Å². The Hall–Kier alpha value is -2.85. The second-order valence-electron chi connectivity index (χ2n) is 5.68. The maximum Gasteiger partial charge on any atom is 0.262 e. The van der Waals surface area contributed by atoms with Gasteiger partial charge in [0.2, 0.25) is 0 Å². The van der Waals surface area contributed by atoms with Gasteiger partial charge in [0, 0.05) is 16.1 Å². The fraction of sp³-hybridized carbons (Fsp3) is 0.100. The summed E-state index contributed by atoms with van der Waals surface area (Å²) < 4.78 is 0. The molecule has 3 aromatic rings. The van der Waals surface area contributed by atoms with E-state index in [-0.39, 0.29) is 5.91 Å². The van der Waals surface area contributed by atoms with Gasteiger partial charge < -0.3 is 5.32 Å². The van der Waals surface area contributed by atoms with Crippen LogP contribution in [0.4, 0.5) is 5.69 Å². The number of hydrogen-bond donors (Lipinski definition) is 2. The van der Waals surface area contributed by atoms with Crippen molar-refractivity contribution in [1.29, 1.82) is 0 Å². The first-order valence-electron chi connectivity index (χ1n) is 7.96. The van der Waals surface area contributed by atoms with Crippen molar-refractivity contribution in [1.82, 2.24) is 5.43 Å². The van der Waals surface area contributed by atoms with Gasteiger partial charge in [-0.1, -0.05) is 60.1 Å². The highest BCUT2D eigenvalue weighted by Crippen LogP contribution is 2.23. The van der Waals surface area contributed by atoms with Crippen LogP contribution >= 0.6 is 11.6 Å². The Morgan fingerprint density at radius 1 is 1.08 bits per heavy atom. The first-order chi connectivity index (χ1) is 12.1. The normalized spacial score (nSPS) is 12.2. The maximum absolute atomic E-state index is 12.2. The zero-order valence-corrected chi connectivity index (χ0v) is 14.5. The predicted octanol–water partition coefficient (Wildman–Crippen LogP) is 4.44. The van der Waals surface area contributed by atoms with Gasteiger partial charge in [0.15, 0.2) is 0 Å². The number of amides is 1. The summed E-state index contributed by atoms with van der Waals surface area (Å²) in [6.07, 6.45) is 1.56. The smallest absolute Gasteiger partial charge is 0.262 e. The van der Waals surface area contributed by atoms with Crippen molar-refractivity contribution < 1.29 is 4.79 Å². The molecular weight excluding hydrogens is 334 g/mol. The summed E-state index contributed by atoms with van der Waals surface area (Å²) in [5.74, 6) is -0.216. The number of halogens is 1. The summed E-state index contributed by atoms with van der Waals surface area (Å²) in [7, 11) is 0. The molecule has 0 heterocycles. The van der Waals surface area contributed by atoms with Crippen molar-refractivity contribution in [2.75, 3.05) is 5.32 Å². The number of hydrogen-bond acceptors (Lipinski definition) is 3. The number of carbonyl (C=O) groups excluding carboxylic acids is 1. The van der Waals surface area contributed by atoms with E-state index in [1.807, 2.05) is 54.6 Å². The van der Waals surface area contributed by atoms with Gasteiger partial charge in [-0.25, -0.2) is 5.43 Å². The summed E-state index contributed by atoms with van der Waals surface area (Å²) in [6, 6.07) is 20.8. The first-order valence-corrected chi connectivity index (χ1v) is 8.34. The molecule has 0 aliphatic heterocycles. The Kier molecular flexibility index (Phi) is 5.31. The molecule has 3 aromatic carbocycles. The van der Waals surface area contributed by atoms with Crippen molar-refractivity contribution in [3.05, 3.63) is 77.3 Å². The van der Waals surface area contributed by atoms with Gasteiger partial charge in [-0.2, -0.15) is 5.10 Å². The number of fused-ring (bicyclic) bond motifs is 1. The van der Waals surface area contributed by atoms with Crippen LogP contribution in [0.3, 0.4) is 0 Å². The van der Waals surface area contributed by atoms with Crippen LogP contribution in [0.1, 0.15) is 12.5 Å². The molecule has 1 atom stereocenters. The van der Waals surface area contributed by atoms with Crippen LogP contribution in [0, 0.1) is 0 Å². The van der Waals surface area contributed by atoms with Crippen LogP contribution < -0.4 is 10.7 Å². The number of nitrogens with one attached hydrogen (secondary N) is 2. The molecule has 0 aliphatic rings. The molecule has 0 aromatic heterocycles. The number of anilines is 1. The summed E-state index contributed by atoms with van der Waals surface area (Å²) in [6.45, 7) is 1.80. The lowest BCUT2D eigenvalue weighted by atomic mass is 10.1. The third-order valence-corrected chi connectivity index (χ3v) is 4.03. The van der Waals surface area contributed by atoms with Crippen LogP contribution in [-0.4, -0.2) is 18.2 Å². The van der Waals surface area contributed by atoms with E-state index in [4.69, 9.17) is 11.6 Å². The largest absolute Gasteiger partial charge is 0.373 e. The van der Waals surface area contributed by atoms with Crippen LogP contribution in [0.5, 0.6) is 0 Å². The van der Waals surface area contributed by atoms with Crippen molar-refractivity contribution >= 4 is 40.2 Å². The molecule has 0 radical (unpaired) electrons. The minimum atomic E-state index is -0.428. The molecule has 0 bridgehead atoms. The molecule has 1 amide bonds. The molecule has 1 unspecified atom stereocenters. The molecule has 0 spiro atoms. The average molecular weight is 352 g/mol. The minimum absolute atomic E-state index is 0.216. The Morgan fingerprint density at radius 2 is 1.84 bits per heavy atom. The molecule has 126 valence electrons. The lowest BCUT2D eigenvalue weighted by Gasteiger charge is -2.15. The van der Waals surface area contributed by atoms with Crippen molar-refractivity contribution in [2.24, 2.45) is 5.10 Å². The molecule has 3 rings (SSSR count). The zero-order valence-electron chi connectivity index (χ0n) is 13.7. The number of nitrogens with zero attached hydrogens (tertiary/aromatic N) is 1. The average Bonchev–Trinajstić information content (AvgIpc) is 2.62. The number of benzene rings is 3. The molecule has 2 N–H and O–H groups in total. The van der Waals surface area contributed by atoms with E-state index in [9.17, 15) is 4.79 Å². The third kappa shape index (κ3) is 4.37. The third-order valence-electron chi connectivity index (χ3n) is 3.79. The molecule has 0 saturated carbocycles. The maximum atomic E-state index is 12.2. The molecule has 0 fully saturated rings. The molecular formula is C20H18ClN3O. The lowest BCUT2D eigenvalue weighted by molar-refractivity contribution is -0.121. The molecule has 0 aliphatic carbocycles. The highest BCUT2D eigenvalue weighted by molar-refractivity contribution is 6.30. The van der Waals surface area contributed by atoms with Crippen LogP contribution in [-0.2, 0) is 4.79 Å². The quantitative estimate of drug-likeness (QED) is 0.527. The van der Waals surface area contributed by atoms with E-state index >= 15 is 0 Å². The Balaban J connectivity index is 1.64. The van der Waals surface area contributed by atoms with Crippen molar-refractivity contribution in [3.8, 4) is 0 Å². The van der Waals surface area contributed by atoms with Crippen molar-refractivity contribution in [3.63, 3.8) is 0 Å². The topological polar surface area (TPSA) is 53.5 Å². The highest BCUT2D eigenvalue weighted by Gasteiger charge is 2.12. The van der Waals surface area contributed by atoms with Gasteiger partial charge in [0.1, 0.15) is 6.04 Å². The monoisotopic (exact) mass is 351 g/mol. The zero-order chi connectivity index (χ0) is 17.6. The van der Waals surface area contributed by atoms with E-state index in [0.29, 0.717) is 5.02 Å². The summed E-state index contributed by atoms with van der Waals surface area (Å²) in [5.41, 5.74) is 4.28.